The minimum absolute atomic E-state index is 0.0399. The summed E-state index contributed by atoms with van der Waals surface area (Å²) in [5.41, 5.74) is 4.45. The fourth-order valence-electron chi connectivity index (χ4n) is 4.94. The second-order valence-corrected chi connectivity index (χ2v) is 9.56. The van der Waals surface area contributed by atoms with Crippen LogP contribution in [0.15, 0.2) is 48.9 Å². The van der Waals surface area contributed by atoms with Gasteiger partial charge >= 0.3 is 0 Å². The van der Waals surface area contributed by atoms with Crippen molar-refractivity contribution in [3.8, 4) is 17.0 Å². The molecule has 0 spiro atoms. The van der Waals surface area contributed by atoms with Crippen LogP contribution < -0.4 is 15.4 Å². The molecule has 33 heavy (non-hydrogen) atoms. The Balaban J connectivity index is 1.28. The molecule has 2 unspecified atom stereocenters. The Morgan fingerprint density at radius 2 is 1.94 bits per heavy atom. The third-order valence-corrected chi connectivity index (χ3v) is 7.17. The molecule has 4 aromatic rings. The molecule has 3 atom stereocenters. The fourth-order valence-corrected chi connectivity index (χ4v) is 5.61. The number of fused-ring (bicyclic) bond motifs is 3. The third kappa shape index (κ3) is 3.56. The largest absolute Gasteiger partial charge is 0.486 e. The number of ether oxygens (including phenoxy) is 1. The number of benzene rings is 1. The summed E-state index contributed by atoms with van der Waals surface area (Å²) in [6, 6.07) is 10.6. The van der Waals surface area contributed by atoms with E-state index < -0.39 is 0 Å². The van der Waals surface area contributed by atoms with E-state index in [1.807, 2.05) is 31.3 Å². The van der Waals surface area contributed by atoms with Crippen LogP contribution in [-0.4, -0.2) is 39.3 Å². The maximum absolute atomic E-state index is 6.30. The quantitative estimate of drug-likeness (QED) is 0.386. The average Bonchev–Trinajstić information content (AvgIpc) is 3.22. The number of hydrogen-bond acceptors (Lipinski definition) is 6. The Hall–Kier alpha value is -2.71. The van der Waals surface area contributed by atoms with Gasteiger partial charge in [-0.3, -0.25) is 15.1 Å². The van der Waals surface area contributed by atoms with Crippen LogP contribution in [0.3, 0.4) is 0 Å². The zero-order valence-corrected chi connectivity index (χ0v) is 19.4. The molecule has 3 saturated heterocycles. The van der Waals surface area contributed by atoms with Gasteiger partial charge in [-0.05, 0) is 43.7 Å². The number of hydrogen-bond donors (Lipinski definition) is 3. The number of nitrogens with one attached hydrogen (secondary N) is 3. The standard InChI is InChI=1S/C24H22Cl2N6O/c1-13(22-18(25)10-27-11-19(22)26)33-16-3-4-20-17(6-16)23(32-31-20)14-2-5-21(29-8-14)24-7-15(30-24)9-28-12-24/h2-6,8,10-11,13,15,28,30H,7,9,12H2,1H3,(H,31,32)/t13-,15?,24?/m1/s1. The van der Waals surface area contributed by atoms with Crippen LogP contribution in [0.4, 0.5) is 0 Å². The van der Waals surface area contributed by atoms with Crippen LogP contribution >= 0.6 is 23.2 Å². The van der Waals surface area contributed by atoms with E-state index in [4.69, 9.17) is 32.9 Å². The molecule has 1 aromatic carbocycles. The molecule has 3 fully saturated rings. The van der Waals surface area contributed by atoms with Crippen molar-refractivity contribution in [2.45, 2.75) is 31.0 Å². The molecule has 3 aromatic heterocycles. The normalized spacial score (nSPS) is 22.7. The minimum Gasteiger partial charge on any atom is -0.486 e. The lowest BCUT2D eigenvalue weighted by Crippen LogP contribution is -2.72. The molecule has 3 aliphatic heterocycles. The van der Waals surface area contributed by atoms with Crippen molar-refractivity contribution in [1.82, 2.24) is 30.8 Å². The van der Waals surface area contributed by atoms with Gasteiger partial charge < -0.3 is 15.4 Å². The second-order valence-electron chi connectivity index (χ2n) is 8.75. The summed E-state index contributed by atoms with van der Waals surface area (Å²) < 4.78 is 6.18. The summed E-state index contributed by atoms with van der Waals surface area (Å²) in [5, 5.41) is 16.7. The van der Waals surface area contributed by atoms with Gasteiger partial charge in [-0.2, -0.15) is 5.10 Å². The van der Waals surface area contributed by atoms with Crippen LogP contribution in [0.2, 0.25) is 10.0 Å². The highest BCUT2D eigenvalue weighted by atomic mass is 35.5. The number of piperidine rings is 1. The molecule has 9 heteroatoms. The summed E-state index contributed by atoms with van der Waals surface area (Å²) in [6.07, 6.45) is 5.82. The minimum atomic E-state index is -0.344. The van der Waals surface area contributed by atoms with Crippen molar-refractivity contribution < 1.29 is 4.74 Å². The summed E-state index contributed by atoms with van der Waals surface area (Å²) >= 11 is 12.6. The second kappa shape index (κ2) is 7.95. The van der Waals surface area contributed by atoms with Crippen LogP contribution in [0.5, 0.6) is 5.75 Å². The van der Waals surface area contributed by atoms with Crippen molar-refractivity contribution in [3.05, 3.63) is 70.2 Å². The fraction of sp³-hybridized carbons (Fsp3) is 0.292. The Morgan fingerprint density at radius 3 is 2.64 bits per heavy atom. The zero-order valence-electron chi connectivity index (χ0n) is 17.9. The van der Waals surface area contributed by atoms with E-state index in [0.29, 0.717) is 27.4 Å². The highest BCUT2D eigenvalue weighted by Crippen LogP contribution is 2.38. The predicted molar refractivity (Wildman–Crippen MR) is 129 cm³/mol. The van der Waals surface area contributed by atoms with Gasteiger partial charge in [0, 0.05) is 54.2 Å². The summed E-state index contributed by atoms with van der Waals surface area (Å²) in [7, 11) is 0. The van der Waals surface area contributed by atoms with Gasteiger partial charge in [-0.15, -0.1) is 0 Å². The van der Waals surface area contributed by atoms with Gasteiger partial charge in [0.25, 0.3) is 0 Å². The van der Waals surface area contributed by atoms with Gasteiger partial charge in [0.1, 0.15) is 17.5 Å². The predicted octanol–water partition coefficient (Wildman–Crippen LogP) is 4.63. The first kappa shape index (κ1) is 20.9. The molecule has 6 heterocycles. The first-order valence-corrected chi connectivity index (χ1v) is 11.7. The van der Waals surface area contributed by atoms with E-state index in [9.17, 15) is 0 Å². The Kier molecular flexibility index (Phi) is 5.03. The van der Waals surface area contributed by atoms with Crippen LogP contribution in [0.25, 0.3) is 22.2 Å². The number of piperazine rings is 1. The first-order valence-electron chi connectivity index (χ1n) is 10.9. The Labute approximate surface area is 200 Å². The van der Waals surface area contributed by atoms with Gasteiger partial charge in [0.05, 0.1) is 26.8 Å². The van der Waals surface area contributed by atoms with Gasteiger partial charge in [-0.25, -0.2) is 0 Å². The molecule has 7 nitrogen and oxygen atoms in total. The molecular weight excluding hydrogens is 459 g/mol. The van der Waals surface area contributed by atoms with Crippen molar-refractivity contribution in [2.75, 3.05) is 13.1 Å². The number of aromatic nitrogens is 4. The third-order valence-electron chi connectivity index (χ3n) is 6.56. The van der Waals surface area contributed by atoms with E-state index in [1.54, 1.807) is 12.4 Å². The lowest BCUT2D eigenvalue weighted by molar-refractivity contribution is 0.0831. The molecular formula is C24H22Cl2N6O. The number of H-pyrrole nitrogens is 1. The molecule has 3 aliphatic rings. The summed E-state index contributed by atoms with van der Waals surface area (Å²) in [5.74, 6) is 0.697. The van der Waals surface area contributed by atoms with Crippen molar-refractivity contribution in [3.63, 3.8) is 0 Å². The maximum Gasteiger partial charge on any atom is 0.124 e. The summed E-state index contributed by atoms with van der Waals surface area (Å²) in [6.45, 7) is 3.85. The van der Waals surface area contributed by atoms with E-state index in [0.717, 1.165) is 47.4 Å². The molecule has 3 N–H and O–H groups in total. The smallest absolute Gasteiger partial charge is 0.124 e. The van der Waals surface area contributed by atoms with E-state index in [-0.39, 0.29) is 11.6 Å². The molecule has 0 aliphatic carbocycles. The monoisotopic (exact) mass is 480 g/mol. The number of aromatic amines is 1. The number of nitrogens with zero attached hydrogens (tertiary/aromatic N) is 3. The average molecular weight is 481 g/mol. The van der Waals surface area contributed by atoms with E-state index in [1.165, 1.54) is 0 Å². The van der Waals surface area contributed by atoms with Crippen molar-refractivity contribution in [1.29, 1.82) is 0 Å². The lowest BCUT2D eigenvalue weighted by atomic mass is 9.75. The molecule has 0 radical (unpaired) electrons. The maximum atomic E-state index is 6.30. The van der Waals surface area contributed by atoms with Crippen molar-refractivity contribution >= 4 is 34.1 Å². The van der Waals surface area contributed by atoms with Gasteiger partial charge in [0.2, 0.25) is 0 Å². The molecule has 0 amide bonds. The SMILES string of the molecule is C[C@@H](Oc1ccc2[nH]nc(-c3ccc(C45CNCC(C4)N5)nc3)c2c1)c1c(Cl)cncc1Cl. The summed E-state index contributed by atoms with van der Waals surface area (Å²) in [4.78, 5) is 8.79. The highest BCUT2D eigenvalue weighted by Gasteiger charge is 2.48. The van der Waals surface area contributed by atoms with Crippen LogP contribution in [-0.2, 0) is 5.54 Å². The van der Waals surface area contributed by atoms with Gasteiger partial charge in [0.15, 0.2) is 0 Å². The van der Waals surface area contributed by atoms with Gasteiger partial charge in [-0.1, -0.05) is 23.2 Å². The highest BCUT2D eigenvalue weighted by molar-refractivity contribution is 6.35. The molecule has 2 bridgehead atoms. The van der Waals surface area contributed by atoms with E-state index in [2.05, 4.69) is 37.9 Å². The molecule has 0 saturated carbocycles. The topological polar surface area (TPSA) is 87.8 Å². The van der Waals surface area contributed by atoms with Crippen LogP contribution in [0, 0.1) is 0 Å². The van der Waals surface area contributed by atoms with E-state index >= 15 is 0 Å². The lowest BCUT2D eigenvalue weighted by Gasteiger charge is -2.53. The Bertz CT molecular complexity index is 1310. The van der Waals surface area contributed by atoms with Crippen LogP contribution in [0.1, 0.15) is 30.7 Å². The number of halogens is 2. The van der Waals surface area contributed by atoms with Crippen molar-refractivity contribution in [2.24, 2.45) is 0 Å². The Morgan fingerprint density at radius 1 is 1.12 bits per heavy atom. The number of rotatable bonds is 5. The molecule has 168 valence electrons. The zero-order chi connectivity index (χ0) is 22.6. The molecule has 7 rings (SSSR count). The number of pyridine rings is 2. The first-order chi connectivity index (χ1) is 16.0.